The molecule has 0 bridgehead atoms. The lowest BCUT2D eigenvalue weighted by Crippen LogP contribution is -2.27. The quantitative estimate of drug-likeness (QED) is 0.153. The van der Waals surface area contributed by atoms with E-state index in [4.69, 9.17) is 14.6 Å². The molecule has 0 radical (unpaired) electrons. The molecular formula is C25H38O6. The van der Waals surface area contributed by atoms with Gasteiger partial charge in [-0.2, -0.15) is 0 Å². The van der Waals surface area contributed by atoms with Crippen molar-refractivity contribution in [2.75, 3.05) is 13.2 Å². The van der Waals surface area contributed by atoms with Gasteiger partial charge in [-0.05, 0) is 38.5 Å². The Morgan fingerprint density at radius 1 is 0.968 bits per heavy atom. The zero-order valence-corrected chi connectivity index (χ0v) is 18.8. The molecule has 1 unspecified atom stereocenters. The van der Waals surface area contributed by atoms with Gasteiger partial charge in [-0.25, -0.2) is 0 Å². The molecule has 2 N–H and O–H groups in total. The molecule has 0 aliphatic rings. The summed E-state index contributed by atoms with van der Waals surface area (Å²) in [4.78, 5) is 22.4. The Balaban J connectivity index is 3.73. The average molecular weight is 435 g/mol. The van der Waals surface area contributed by atoms with Crippen molar-refractivity contribution >= 4 is 11.9 Å². The molecule has 174 valence electrons. The molecule has 0 aromatic rings. The summed E-state index contributed by atoms with van der Waals surface area (Å²) >= 11 is 0. The smallest absolute Gasteiger partial charge is 0.305 e. The lowest BCUT2D eigenvalue weighted by atomic mass is 10.2. The third-order valence-corrected chi connectivity index (χ3v) is 3.95. The van der Waals surface area contributed by atoms with Crippen molar-refractivity contribution < 1.29 is 29.3 Å². The number of rotatable bonds is 17. The molecule has 0 aliphatic carbocycles. The normalized spacial score (nSPS) is 14.3. The number of allylic oxidation sites excluding steroid dienone is 8. The summed E-state index contributed by atoms with van der Waals surface area (Å²) in [5.74, 6) is -0.888. The standard InChI is InChI=1S/C25H38O6/c1-3-4-17-23(28)18-15-13-11-9-7-5-6-8-10-12-14-16-19-25(29)30-21-24(20-26)31-22(2)27/h4-6,9-13,15,17,23-24,26,28H,3,7-8,14,16,18-21H2,1-2H3/b6-5-,11-9-,12-10-,15-13+,17-4-/t23?,24-/m0/s1. The average Bonchev–Trinajstić information content (AvgIpc) is 2.74. The molecule has 0 rings (SSSR count). The fourth-order valence-corrected chi connectivity index (χ4v) is 2.37. The highest BCUT2D eigenvalue weighted by molar-refractivity contribution is 5.69. The van der Waals surface area contributed by atoms with Crippen LogP contribution in [0.1, 0.15) is 58.8 Å². The van der Waals surface area contributed by atoms with E-state index >= 15 is 0 Å². The maximum atomic E-state index is 11.6. The van der Waals surface area contributed by atoms with E-state index in [1.165, 1.54) is 6.92 Å². The van der Waals surface area contributed by atoms with Crippen LogP contribution in [0.5, 0.6) is 0 Å². The Bertz CT molecular complexity index is 616. The molecule has 6 nitrogen and oxygen atoms in total. The lowest BCUT2D eigenvalue weighted by molar-refractivity contribution is -0.159. The lowest BCUT2D eigenvalue weighted by Gasteiger charge is -2.14. The molecular weight excluding hydrogens is 396 g/mol. The van der Waals surface area contributed by atoms with Gasteiger partial charge < -0.3 is 19.7 Å². The van der Waals surface area contributed by atoms with Crippen LogP contribution in [0.4, 0.5) is 0 Å². The minimum atomic E-state index is -0.806. The molecule has 0 heterocycles. The van der Waals surface area contributed by atoms with Gasteiger partial charge in [-0.1, -0.05) is 67.7 Å². The predicted molar refractivity (Wildman–Crippen MR) is 123 cm³/mol. The second-order valence-corrected chi connectivity index (χ2v) is 6.90. The summed E-state index contributed by atoms with van der Waals surface area (Å²) in [6.07, 6.45) is 23.7. The Kier molecular flexibility index (Phi) is 19.2. The predicted octanol–water partition coefficient (Wildman–Crippen LogP) is 4.35. The summed E-state index contributed by atoms with van der Waals surface area (Å²) in [7, 11) is 0. The van der Waals surface area contributed by atoms with Crippen LogP contribution in [0.25, 0.3) is 0 Å². The molecule has 6 heteroatoms. The van der Waals surface area contributed by atoms with E-state index in [9.17, 15) is 14.7 Å². The largest absolute Gasteiger partial charge is 0.462 e. The third-order valence-electron chi connectivity index (χ3n) is 3.95. The van der Waals surface area contributed by atoms with Crippen LogP contribution in [0.2, 0.25) is 0 Å². The Labute approximate surface area is 186 Å². The first-order valence-electron chi connectivity index (χ1n) is 10.9. The van der Waals surface area contributed by atoms with Crippen molar-refractivity contribution in [2.45, 2.75) is 71.0 Å². The Hall–Kier alpha value is -2.44. The van der Waals surface area contributed by atoms with E-state index in [1.54, 1.807) is 0 Å². The summed E-state index contributed by atoms with van der Waals surface area (Å²) in [5.41, 5.74) is 0. The van der Waals surface area contributed by atoms with Crippen LogP contribution in [0.15, 0.2) is 60.8 Å². The second kappa shape index (κ2) is 20.8. The number of unbranched alkanes of at least 4 members (excludes halogenated alkanes) is 1. The van der Waals surface area contributed by atoms with Crippen molar-refractivity contribution in [3.05, 3.63) is 60.8 Å². The van der Waals surface area contributed by atoms with Gasteiger partial charge in [0.1, 0.15) is 6.61 Å². The van der Waals surface area contributed by atoms with E-state index in [2.05, 4.69) is 24.3 Å². The zero-order valence-electron chi connectivity index (χ0n) is 18.8. The first-order valence-corrected chi connectivity index (χ1v) is 10.9. The van der Waals surface area contributed by atoms with Crippen LogP contribution in [0, 0.1) is 0 Å². The first-order chi connectivity index (χ1) is 15.0. The molecule has 0 amide bonds. The van der Waals surface area contributed by atoms with Gasteiger partial charge in [0.05, 0.1) is 12.7 Å². The monoisotopic (exact) mass is 434 g/mol. The molecule has 2 atom stereocenters. The van der Waals surface area contributed by atoms with E-state index < -0.39 is 18.2 Å². The molecule has 0 aliphatic heterocycles. The van der Waals surface area contributed by atoms with Crippen LogP contribution >= 0.6 is 0 Å². The molecule has 0 aromatic carbocycles. The molecule has 0 aromatic heterocycles. The topological polar surface area (TPSA) is 93.1 Å². The summed E-state index contributed by atoms with van der Waals surface area (Å²) in [6, 6.07) is 0. The number of ether oxygens (including phenoxy) is 2. The highest BCUT2D eigenvalue weighted by Crippen LogP contribution is 2.02. The SMILES string of the molecule is CC/C=C\C(O)C/C=C/C=C\C/C=C\C/C=C\CCCC(=O)OC[C@H](CO)OC(C)=O. The molecule has 0 spiro atoms. The van der Waals surface area contributed by atoms with Gasteiger partial charge in [-0.15, -0.1) is 0 Å². The maximum Gasteiger partial charge on any atom is 0.305 e. The maximum absolute atomic E-state index is 11.6. The Morgan fingerprint density at radius 3 is 2.32 bits per heavy atom. The van der Waals surface area contributed by atoms with Crippen molar-refractivity contribution in [2.24, 2.45) is 0 Å². The third kappa shape index (κ3) is 20.6. The highest BCUT2D eigenvalue weighted by atomic mass is 16.6. The van der Waals surface area contributed by atoms with Crippen LogP contribution in [-0.4, -0.2) is 47.6 Å². The molecule has 0 fully saturated rings. The number of hydrogen-bond acceptors (Lipinski definition) is 6. The minimum Gasteiger partial charge on any atom is -0.462 e. The number of esters is 2. The fourth-order valence-electron chi connectivity index (χ4n) is 2.37. The number of carbonyl (C=O) groups excluding carboxylic acids is 2. The molecule has 0 saturated heterocycles. The number of aliphatic hydroxyl groups excluding tert-OH is 2. The van der Waals surface area contributed by atoms with Gasteiger partial charge in [0, 0.05) is 13.3 Å². The van der Waals surface area contributed by atoms with Crippen molar-refractivity contribution in [1.82, 2.24) is 0 Å². The molecule has 0 saturated carbocycles. The van der Waals surface area contributed by atoms with Crippen molar-refractivity contribution in [3.8, 4) is 0 Å². The van der Waals surface area contributed by atoms with Crippen molar-refractivity contribution in [3.63, 3.8) is 0 Å². The van der Waals surface area contributed by atoms with Gasteiger partial charge in [0.25, 0.3) is 0 Å². The number of hydrogen-bond donors (Lipinski definition) is 2. The second-order valence-electron chi connectivity index (χ2n) is 6.90. The van der Waals surface area contributed by atoms with E-state index in [0.717, 1.165) is 25.7 Å². The summed E-state index contributed by atoms with van der Waals surface area (Å²) < 4.78 is 9.78. The summed E-state index contributed by atoms with van der Waals surface area (Å²) in [5, 5.41) is 18.7. The fraction of sp³-hybridized carbons (Fsp3) is 0.520. The van der Waals surface area contributed by atoms with E-state index in [0.29, 0.717) is 12.8 Å². The van der Waals surface area contributed by atoms with Gasteiger partial charge >= 0.3 is 11.9 Å². The number of aliphatic hydroxyl groups is 2. The van der Waals surface area contributed by atoms with Crippen molar-refractivity contribution in [1.29, 1.82) is 0 Å². The minimum absolute atomic E-state index is 0.127. The van der Waals surface area contributed by atoms with Crippen LogP contribution < -0.4 is 0 Å². The molecule has 31 heavy (non-hydrogen) atoms. The first kappa shape index (κ1) is 28.6. The number of carbonyl (C=O) groups is 2. The Morgan fingerprint density at radius 2 is 1.65 bits per heavy atom. The summed E-state index contributed by atoms with van der Waals surface area (Å²) in [6.45, 7) is 2.77. The van der Waals surface area contributed by atoms with Crippen LogP contribution in [0.3, 0.4) is 0 Å². The van der Waals surface area contributed by atoms with Crippen LogP contribution in [-0.2, 0) is 19.1 Å². The van der Waals surface area contributed by atoms with Gasteiger partial charge in [-0.3, -0.25) is 9.59 Å². The van der Waals surface area contributed by atoms with E-state index in [-0.39, 0.29) is 25.6 Å². The highest BCUT2D eigenvalue weighted by Gasteiger charge is 2.13. The zero-order chi connectivity index (χ0) is 23.2. The van der Waals surface area contributed by atoms with E-state index in [1.807, 2.05) is 43.4 Å². The van der Waals surface area contributed by atoms with Gasteiger partial charge in [0.2, 0.25) is 0 Å². The van der Waals surface area contributed by atoms with Gasteiger partial charge in [0.15, 0.2) is 6.10 Å².